The van der Waals surface area contributed by atoms with Gasteiger partial charge < -0.3 is 20.5 Å². The van der Waals surface area contributed by atoms with Crippen molar-refractivity contribution in [3.05, 3.63) is 89.5 Å². The van der Waals surface area contributed by atoms with Crippen LogP contribution >= 0.6 is 0 Å². The Morgan fingerprint density at radius 1 is 0.912 bits per heavy atom. The van der Waals surface area contributed by atoms with Crippen LogP contribution in [0.15, 0.2) is 72.8 Å². The van der Waals surface area contributed by atoms with E-state index in [1.807, 2.05) is 36.4 Å². The Morgan fingerprint density at radius 3 is 2.15 bits per heavy atom. The first kappa shape index (κ1) is 23.0. The van der Waals surface area contributed by atoms with E-state index in [1.165, 1.54) is 0 Å². The highest BCUT2D eigenvalue weighted by Gasteiger charge is 2.32. The molecule has 0 aromatic heterocycles. The number of hydrogen-bond donors (Lipinski definition) is 3. The van der Waals surface area contributed by atoms with Crippen LogP contribution in [-0.2, 0) is 20.7 Å². The van der Waals surface area contributed by atoms with Crippen molar-refractivity contribution < 1.29 is 24.2 Å². The van der Waals surface area contributed by atoms with Gasteiger partial charge in [0.05, 0.1) is 6.42 Å². The summed E-state index contributed by atoms with van der Waals surface area (Å²) >= 11 is 0. The fourth-order valence-electron chi connectivity index (χ4n) is 4.17. The number of ether oxygens (including phenoxy) is 1. The molecule has 0 aliphatic heterocycles. The lowest BCUT2D eigenvalue weighted by Crippen LogP contribution is -2.52. The molecule has 3 aromatic carbocycles. The molecule has 174 valence electrons. The molecule has 0 fully saturated rings. The number of carbonyl (C=O) groups is 3. The van der Waals surface area contributed by atoms with Crippen LogP contribution in [0.4, 0.5) is 10.5 Å². The van der Waals surface area contributed by atoms with Gasteiger partial charge in [-0.2, -0.15) is 0 Å². The number of amides is 2. The van der Waals surface area contributed by atoms with Gasteiger partial charge in [0.2, 0.25) is 5.91 Å². The molecular formula is C27H26N2O5. The largest absolute Gasteiger partial charge is 0.481 e. The summed E-state index contributed by atoms with van der Waals surface area (Å²) in [6.45, 7) is 3.30. The van der Waals surface area contributed by atoms with Crippen molar-refractivity contribution in [2.75, 3.05) is 11.9 Å². The maximum Gasteiger partial charge on any atom is 0.408 e. The van der Waals surface area contributed by atoms with Crippen LogP contribution < -0.4 is 10.6 Å². The van der Waals surface area contributed by atoms with E-state index < -0.39 is 23.5 Å². The highest BCUT2D eigenvalue weighted by atomic mass is 16.5. The summed E-state index contributed by atoms with van der Waals surface area (Å²) in [5, 5.41) is 14.3. The van der Waals surface area contributed by atoms with Crippen LogP contribution in [0.2, 0.25) is 0 Å². The Hall–Kier alpha value is -4.13. The minimum atomic E-state index is -1.26. The molecule has 34 heavy (non-hydrogen) atoms. The molecule has 2 amide bonds. The predicted molar refractivity (Wildman–Crippen MR) is 129 cm³/mol. The summed E-state index contributed by atoms with van der Waals surface area (Å²) in [6.07, 6.45) is -0.841. The summed E-state index contributed by atoms with van der Waals surface area (Å²) in [4.78, 5) is 36.3. The van der Waals surface area contributed by atoms with Gasteiger partial charge in [0.25, 0.3) is 0 Å². The van der Waals surface area contributed by atoms with Gasteiger partial charge in [0.15, 0.2) is 0 Å². The molecule has 0 saturated carbocycles. The first-order valence-corrected chi connectivity index (χ1v) is 11.0. The monoisotopic (exact) mass is 458 g/mol. The van der Waals surface area contributed by atoms with E-state index in [1.54, 1.807) is 38.1 Å². The number of benzene rings is 3. The quantitative estimate of drug-likeness (QED) is 0.481. The maximum atomic E-state index is 12.8. The second kappa shape index (κ2) is 9.39. The highest BCUT2D eigenvalue weighted by molar-refractivity contribution is 5.99. The minimum Gasteiger partial charge on any atom is -0.481 e. The van der Waals surface area contributed by atoms with Gasteiger partial charge in [-0.3, -0.25) is 9.59 Å². The van der Waals surface area contributed by atoms with Crippen molar-refractivity contribution in [1.29, 1.82) is 0 Å². The number of rotatable bonds is 7. The fraction of sp³-hybridized carbons (Fsp3) is 0.222. The van der Waals surface area contributed by atoms with E-state index in [-0.39, 0.29) is 18.9 Å². The third-order valence-electron chi connectivity index (χ3n) is 5.87. The van der Waals surface area contributed by atoms with Crippen LogP contribution in [0, 0.1) is 0 Å². The summed E-state index contributed by atoms with van der Waals surface area (Å²) in [5.74, 6) is -1.48. The highest BCUT2D eigenvalue weighted by Crippen LogP contribution is 2.44. The Kier molecular flexibility index (Phi) is 6.36. The number of alkyl carbamates (subject to hydrolysis) is 1. The summed E-state index contributed by atoms with van der Waals surface area (Å²) in [6, 6.07) is 22.7. The standard InChI is InChI=1S/C27H26N2O5/c1-27(2,25(32)28-18-9-7-8-17(14-18)15-24(30)31)29-26(33)34-16-23-21-12-5-3-10-19(21)20-11-4-6-13-22(20)23/h3-14,23H,15-16H2,1-2H3,(H,28,32)(H,29,33)(H,30,31). The number of fused-ring (bicyclic) bond motifs is 3. The van der Waals surface area contributed by atoms with Crippen molar-refractivity contribution in [3.8, 4) is 11.1 Å². The molecule has 7 heteroatoms. The lowest BCUT2D eigenvalue weighted by molar-refractivity contribution is -0.136. The number of anilines is 1. The molecule has 0 heterocycles. The van der Waals surface area contributed by atoms with Gasteiger partial charge in [-0.25, -0.2) is 4.79 Å². The Morgan fingerprint density at radius 2 is 1.53 bits per heavy atom. The number of carbonyl (C=O) groups excluding carboxylic acids is 2. The molecule has 0 spiro atoms. The molecule has 7 nitrogen and oxygen atoms in total. The summed E-state index contributed by atoms with van der Waals surface area (Å²) < 4.78 is 5.54. The van der Waals surface area contributed by atoms with Crippen LogP contribution in [0.1, 0.15) is 36.5 Å². The smallest absolute Gasteiger partial charge is 0.408 e. The zero-order chi connectivity index (χ0) is 24.3. The number of carboxylic acids is 1. The number of nitrogens with one attached hydrogen (secondary N) is 2. The van der Waals surface area contributed by atoms with Gasteiger partial charge >= 0.3 is 12.1 Å². The third-order valence-corrected chi connectivity index (χ3v) is 5.87. The van der Waals surface area contributed by atoms with Crippen LogP contribution in [0.3, 0.4) is 0 Å². The maximum absolute atomic E-state index is 12.8. The van der Waals surface area contributed by atoms with Crippen molar-refractivity contribution in [2.45, 2.75) is 31.7 Å². The SMILES string of the molecule is CC(C)(NC(=O)OCC1c2ccccc2-c2ccccc21)C(=O)Nc1cccc(CC(=O)O)c1. The van der Waals surface area contributed by atoms with Crippen LogP contribution in [-0.4, -0.2) is 35.2 Å². The van der Waals surface area contributed by atoms with Crippen LogP contribution in [0.5, 0.6) is 0 Å². The lowest BCUT2D eigenvalue weighted by atomic mass is 9.98. The van der Waals surface area contributed by atoms with Gasteiger partial charge in [-0.15, -0.1) is 0 Å². The topological polar surface area (TPSA) is 105 Å². The zero-order valence-electron chi connectivity index (χ0n) is 19.0. The van der Waals surface area contributed by atoms with Crippen molar-refractivity contribution in [1.82, 2.24) is 5.32 Å². The molecule has 1 aliphatic rings. The van der Waals surface area contributed by atoms with Crippen LogP contribution in [0.25, 0.3) is 11.1 Å². The van der Waals surface area contributed by atoms with E-state index in [2.05, 4.69) is 22.8 Å². The molecule has 0 unspecified atom stereocenters. The average molecular weight is 459 g/mol. The molecule has 0 atom stereocenters. The molecule has 4 rings (SSSR count). The Balaban J connectivity index is 1.38. The van der Waals surface area contributed by atoms with E-state index >= 15 is 0 Å². The minimum absolute atomic E-state index is 0.0768. The number of hydrogen-bond acceptors (Lipinski definition) is 4. The van der Waals surface area contributed by atoms with Gasteiger partial charge in [-0.1, -0.05) is 60.7 Å². The molecule has 0 bridgehead atoms. The summed E-state index contributed by atoms with van der Waals surface area (Å²) in [7, 11) is 0. The first-order valence-electron chi connectivity index (χ1n) is 11.0. The normalized spacial score (nSPS) is 12.4. The molecular weight excluding hydrogens is 432 g/mol. The van der Waals surface area contributed by atoms with Gasteiger partial charge in [-0.05, 0) is 53.8 Å². The van der Waals surface area contributed by atoms with E-state index in [0.29, 0.717) is 11.3 Å². The zero-order valence-corrected chi connectivity index (χ0v) is 19.0. The molecule has 3 aromatic rings. The van der Waals surface area contributed by atoms with Gasteiger partial charge in [0, 0.05) is 11.6 Å². The summed E-state index contributed by atoms with van der Waals surface area (Å²) in [5.41, 5.74) is 4.24. The second-order valence-electron chi connectivity index (χ2n) is 8.80. The molecule has 0 saturated heterocycles. The predicted octanol–water partition coefficient (Wildman–Crippen LogP) is 4.57. The first-order chi connectivity index (χ1) is 16.2. The van der Waals surface area contributed by atoms with E-state index in [0.717, 1.165) is 22.3 Å². The molecule has 1 aliphatic carbocycles. The average Bonchev–Trinajstić information content (AvgIpc) is 3.11. The number of aliphatic carboxylic acids is 1. The number of carboxylic acid groups (broad SMARTS) is 1. The van der Waals surface area contributed by atoms with E-state index in [4.69, 9.17) is 9.84 Å². The lowest BCUT2D eigenvalue weighted by Gasteiger charge is -2.25. The third kappa shape index (κ3) is 4.93. The Labute approximate surface area is 197 Å². The Bertz CT molecular complexity index is 1210. The van der Waals surface area contributed by atoms with Crippen molar-refractivity contribution in [3.63, 3.8) is 0 Å². The molecule has 3 N–H and O–H groups in total. The van der Waals surface area contributed by atoms with Crippen molar-refractivity contribution >= 4 is 23.7 Å². The fourth-order valence-corrected chi connectivity index (χ4v) is 4.17. The van der Waals surface area contributed by atoms with Crippen molar-refractivity contribution in [2.24, 2.45) is 0 Å². The van der Waals surface area contributed by atoms with E-state index in [9.17, 15) is 14.4 Å². The van der Waals surface area contributed by atoms with Gasteiger partial charge in [0.1, 0.15) is 12.1 Å². The second-order valence-corrected chi connectivity index (χ2v) is 8.80. The molecule has 0 radical (unpaired) electrons.